The van der Waals surface area contributed by atoms with Gasteiger partial charge in [-0.25, -0.2) is 9.13 Å². The Balaban J connectivity index is 2.41. The molecule has 0 saturated carbocycles. The van der Waals surface area contributed by atoms with Gasteiger partial charge >= 0.3 is 0 Å². The Bertz CT molecular complexity index is 341. The number of hydrogen-bond donors (Lipinski definition) is 0. The first kappa shape index (κ1) is 17.3. The van der Waals surface area contributed by atoms with Crippen molar-refractivity contribution in [3.63, 3.8) is 0 Å². The van der Waals surface area contributed by atoms with Gasteiger partial charge in [0.15, 0.2) is 0 Å². The zero-order chi connectivity index (χ0) is 14.6. The van der Waals surface area contributed by atoms with E-state index in [1.165, 1.54) is 83.1 Å². The summed E-state index contributed by atoms with van der Waals surface area (Å²) in [6.07, 6.45) is 17.9. The third-order valence-corrected chi connectivity index (χ3v) is 4.07. The Kier molecular flexibility index (Phi) is 9.44. The second kappa shape index (κ2) is 10.9. The molecular formula is C18H35N2+. The van der Waals surface area contributed by atoms with Crippen molar-refractivity contribution < 1.29 is 4.57 Å². The number of aromatic nitrogens is 2. The van der Waals surface area contributed by atoms with Crippen LogP contribution in [0.25, 0.3) is 0 Å². The van der Waals surface area contributed by atoms with E-state index in [1.54, 1.807) is 0 Å². The topological polar surface area (TPSA) is 8.81 Å². The molecule has 0 aliphatic carbocycles. The molecule has 2 heteroatoms. The van der Waals surface area contributed by atoms with Crippen LogP contribution in [-0.4, -0.2) is 4.57 Å². The average molecular weight is 279 g/mol. The number of nitrogens with zero attached hydrogens (tertiary/aromatic N) is 2. The second-order valence-corrected chi connectivity index (χ2v) is 5.97. The van der Waals surface area contributed by atoms with Crippen LogP contribution in [0.15, 0.2) is 12.4 Å². The van der Waals surface area contributed by atoms with Gasteiger partial charge in [-0.2, -0.15) is 0 Å². The molecule has 1 rings (SSSR count). The lowest BCUT2D eigenvalue weighted by atomic mass is 10.1. The van der Waals surface area contributed by atoms with Crippen LogP contribution in [-0.2, 0) is 19.5 Å². The second-order valence-electron chi connectivity index (χ2n) is 5.97. The van der Waals surface area contributed by atoms with E-state index in [2.05, 4.69) is 42.3 Å². The van der Waals surface area contributed by atoms with Gasteiger partial charge < -0.3 is 0 Å². The summed E-state index contributed by atoms with van der Waals surface area (Å²) in [4.78, 5) is 0. The number of hydrogen-bond acceptors (Lipinski definition) is 0. The van der Waals surface area contributed by atoms with Crippen LogP contribution in [0.2, 0.25) is 0 Å². The van der Waals surface area contributed by atoms with Gasteiger partial charge in [0.1, 0.15) is 12.4 Å². The molecular weight excluding hydrogens is 244 g/mol. The summed E-state index contributed by atoms with van der Waals surface area (Å²) in [5.74, 6) is 1.54. The molecule has 0 fully saturated rings. The SMILES string of the molecule is CCCCCCCC[n+]1ccn(CCCC)c1CCC. The quantitative estimate of drug-likeness (QED) is 0.380. The van der Waals surface area contributed by atoms with Crippen LogP contribution >= 0.6 is 0 Å². The van der Waals surface area contributed by atoms with Crippen molar-refractivity contribution in [2.45, 2.75) is 98.1 Å². The highest BCUT2D eigenvalue weighted by molar-refractivity contribution is 4.83. The first-order valence-electron chi connectivity index (χ1n) is 8.90. The third-order valence-electron chi connectivity index (χ3n) is 4.07. The molecule has 0 amide bonds. The first-order valence-corrected chi connectivity index (χ1v) is 8.90. The van der Waals surface area contributed by atoms with Crippen molar-refractivity contribution in [3.8, 4) is 0 Å². The molecule has 1 aromatic heterocycles. The zero-order valence-corrected chi connectivity index (χ0v) is 14.0. The standard InChI is InChI=1S/C18H35N2/c1-4-7-9-10-11-12-15-20-17-16-19(14-8-5-2)18(20)13-6-3/h16-17H,4-15H2,1-3H3/q+1. The fraction of sp³-hybridized carbons (Fsp3) is 0.833. The largest absolute Gasteiger partial charge is 0.256 e. The van der Waals surface area contributed by atoms with Crippen molar-refractivity contribution in [3.05, 3.63) is 18.2 Å². The molecule has 0 saturated heterocycles. The molecule has 0 spiro atoms. The predicted octanol–water partition coefficient (Wildman–Crippen LogP) is 4.89. The molecule has 1 heterocycles. The molecule has 0 radical (unpaired) electrons. The van der Waals surface area contributed by atoms with Crippen LogP contribution < -0.4 is 4.57 Å². The summed E-state index contributed by atoms with van der Waals surface area (Å²) in [5, 5.41) is 0. The van der Waals surface area contributed by atoms with E-state index in [1.807, 2.05) is 0 Å². The summed E-state index contributed by atoms with van der Waals surface area (Å²) < 4.78 is 4.98. The molecule has 0 unspecified atom stereocenters. The fourth-order valence-electron chi connectivity index (χ4n) is 2.81. The lowest BCUT2D eigenvalue weighted by Crippen LogP contribution is -2.37. The summed E-state index contributed by atoms with van der Waals surface area (Å²) in [6, 6.07) is 0. The molecule has 0 atom stereocenters. The van der Waals surface area contributed by atoms with E-state index in [9.17, 15) is 0 Å². The Morgan fingerprint density at radius 3 is 2.25 bits per heavy atom. The molecule has 116 valence electrons. The maximum atomic E-state index is 2.50. The summed E-state index contributed by atoms with van der Waals surface area (Å²) >= 11 is 0. The Morgan fingerprint density at radius 2 is 1.55 bits per heavy atom. The highest BCUT2D eigenvalue weighted by atomic mass is 15.1. The lowest BCUT2D eigenvalue weighted by molar-refractivity contribution is -0.704. The molecule has 20 heavy (non-hydrogen) atoms. The minimum Gasteiger partial charge on any atom is -0.234 e. The van der Waals surface area contributed by atoms with Gasteiger partial charge in [-0.05, 0) is 25.7 Å². The highest BCUT2D eigenvalue weighted by Gasteiger charge is 2.15. The third kappa shape index (κ3) is 6.11. The maximum Gasteiger partial charge on any atom is 0.256 e. The number of unbranched alkanes of at least 4 members (excludes halogenated alkanes) is 6. The molecule has 0 aliphatic rings. The Morgan fingerprint density at radius 1 is 0.850 bits per heavy atom. The summed E-state index contributed by atoms with van der Waals surface area (Å²) in [7, 11) is 0. The summed E-state index contributed by atoms with van der Waals surface area (Å²) in [5.41, 5.74) is 0. The van der Waals surface area contributed by atoms with E-state index < -0.39 is 0 Å². The number of aryl methyl sites for hydroxylation is 2. The van der Waals surface area contributed by atoms with Crippen molar-refractivity contribution in [1.82, 2.24) is 4.57 Å². The van der Waals surface area contributed by atoms with Gasteiger partial charge in [-0.1, -0.05) is 52.9 Å². The normalized spacial score (nSPS) is 11.2. The number of imidazole rings is 1. The van der Waals surface area contributed by atoms with Crippen LogP contribution in [0, 0.1) is 0 Å². The molecule has 0 N–H and O–H groups in total. The van der Waals surface area contributed by atoms with E-state index in [0.29, 0.717) is 0 Å². The van der Waals surface area contributed by atoms with Crippen LogP contribution in [0.1, 0.15) is 84.4 Å². The van der Waals surface area contributed by atoms with Gasteiger partial charge in [0, 0.05) is 6.42 Å². The van der Waals surface area contributed by atoms with Crippen molar-refractivity contribution in [1.29, 1.82) is 0 Å². The molecule has 2 nitrogen and oxygen atoms in total. The molecule has 1 aromatic rings. The van der Waals surface area contributed by atoms with Crippen LogP contribution in [0.4, 0.5) is 0 Å². The van der Waals surface area contributed by atoms with Crippen molar-refractivity contribution in [2.24, 2.45) is 0 Å². The maximum absolute atomic E-state index is 2.50. The lowest BCUT2D eigenvalue weighted by Gasteiger charge is -2.04. The fourth-order valence-corrected chi connectivity index (χ4v) is 2.81. The molecule has 0 aliphatic heterocycles. The average Bonchev–Trinajstić information content (AvgIpc) is 2.83. The first-order chi connectivity index (χ1) is 9.83. The van der Waals surface area contributed by atoms with E-state index in [-0.39, 0.29) is 0 Å². The monoisotopic (exact) mass is 279 g/mol. The Hall–Kier alpha value is -0.790. The summed E-state index contributed by atoms with van der Waals surface area (Å²) in [6.45, 7) is 9.24. The van der Waals surface area contributed by atoms with E-state index >= 15 is 0 Å². The number of rotatable bonds is 12. The molecule has 0 aromatic carbocycles. The zero-order valence-electron chi connectivity index (χ0n) is 14.0. The highest BCUT2D eigenvalue weighted by Crippen LogP contribution is 2.07. The van der Waals surface area contributed by atoms with Crippen molar-refractivity contribution >= 4 is 0 Å². The van der Waals surface area contributed by atoms with Gasteiger partial charge in [0.2, 0.25) is 0 Å². The van der Waals surface area contributed by atoms with Gasteiger partial charge in [-0.15, -0.1) is 0 Å². The van der Waals surface area contributed by atoms with E-state index in [0.717, 1.165) is 0 Å². The minimum atomic E-state index is 1.19. The van der Waals surface area contributed by atoms with Crippen LogP contribution in [0.3, 0.4) is 0 Å². The van der Waals surface area contributed by atoms with E-state index in [4.69, 9.17) is 0 Å². The molecule has 0 bridgehead atoms. The smallest absolute Gasteiger partial charge is 0.234 e. The van der Waals surface area contributed by atoms with Gasteiger partial charge in [-0.3, -0.25) is 0 Å². The van der Waals surface area contributed by atoms with Crippen LogP contribution in [0.5, 0.6) is 0 Å². The minimum absolute atomic E-state index is 1.19. The Labute approximate surface area is 126 Å². The van der Waals surface area contributed by atoms with Gasteiger partial charge in [0.05, 0.1) is 13.1 Å². The van der Waals surface area contributed by atoms with Gasteiger partial charge in [0.25, 0.3) is 5.82 Å². The van der Waals surface area contributed by atoms with Crippen molar-refractivity contribution in [2.75, 3.05) is 0 Å². The predicted molar refractivity (Wildman–Crippen MR) is 86.9 cm³/mol.